The third-order valence-electron chi connectivity index (χ3n) is 6.27. The van der Waals surface area contributed by atoms with Gasteiger partial charge in [0.05, 0.1) is 16.6 Å². The van der Waals surface area contributed by atoms with Crippen molar-refractivity contribution in [1.29, 1.82) is 0 Å². The van der Waals surface area contributed by atoms with Crippen LogP contribution in [0.15, 0.2) is 18.2 Å². The first-order valence-electron chi connectivity index (χ1n) is 9.66. The molecule has 5 heteroatoms. The van der Waals surface area contributed by atoms with Gasteiger partial charge in [0.2, 0.25) is 11.9 Å². The van der Waals surface area contributed by atoms with E-state index in [-0.39, 0.29) is 16.9 Å². The highest BCUT2D eigenvalue weighted by atomic mass is 16.3. The third-order valence-corrected chi connectivity index (χ3v) is 6.27. The van der Waals surface area contributed by atoms with Gasteiger partial charge in [-0.25, -0.2) is 4.98 Å². The van der Waals surface area contributed by atoms with E-state index in [1.807, 2.05) is 18.2 Å². The van der Waals surface area contributed by atoms with E-state index in [1.54, 1.807) is 13.8 Å². The summed E-state index contributed by atoms with van der Waals surface area (Å²) in [5, 5.41) is 13.5. The summed E-state index contributed by atoms with van der Waals surface area (Å²) in [5.41, 5.74) is 1.94. The van der Waals surface area contributed by atoms with Crippen LogP contribution < -0.4 is 5.32 Å². The topological polar surface area (TPSA) is 67.2 Å². The number of carbonyl (C=O) groups excluding carboxylic acids is 1. The molecule has 0 bridgehead atoms. The van der Waals surface area contributed by atoms with Crippen molar-refractivity contribution < 1.29 is 9.90 Å². The minimum Gasteiger partial charge on any atom is -0.386 e. The van der Waals surface area contributed by atoms with E-state index in [0.717, 1.165) is 42.3 Å². The zero-order valence-electron chi connectivity index (χ0n) is 16.2. The molecule has 1 amide bonds. The molecule has 1 aromatic carbocycles. The van der Waals surface area contributed by atoms with Gasteiger partial charge < -0.3 is 9.67 Å². The predicted octanol–water partition coefficient (Wildman–Crippen LogP) is 4.29. The number of imidazole rings is 1. The fraction of sp³-hybridized carbons (Fsp3) is 0.619. The van der Waals surface area contributed by atoms with E-state index in [4.69, 9.17) is 4.98 Å². The maximum absolute atomic E-state index is 12.6. The molecule has 5 nitrogen and oxygen atoms in total. The largest absolute Gasteiger partial charge is 0.386 e. The molecule has 0 spiro atoms. The van der Waals surface area contributed by atoms with Gasteiger partial charge >= 0.3 is 0 Å². The molecular formula is C21H29N3O2. The average molecular weight is 355 g/mol. The van der Waals surface area contributed by atoms with Crippen LogP contribution in [0.25, 0.3) is 11.0 Å². The van der Waals surface area contributed by atoms with Gasteiger partial charge in [-0.15, -0.1) is 0 Å². The molecule has 2 aliphatic rings. The quantitative estimate of drug-likeness (QED) is 0.841. The lowest BCUT2D eigenvalue weighted by molar-refractivity contribution is -0.117. The Morgan fingerprint density at radius 1 is 1.27 bits per heavy atom. The Morgan fingerprint density at radius 2 is 1.96 bits per heavy atom. The van der Waals surface area contributed by atoms with Crippen molar-refractivity contribution in [3.05, 3.63) is 23.8 Å². The number of rotatable bonds is 5. The summed E-state index contributed by atoms with van der Waals surface area (Å²) in [6.45, 7) is 7.97. The molecule has 0 aliphatic heterocycles. The molecule has 1 aromatic heterocycles. The maximum atomic E-state index is 12.6. The lowest BCUT2D eigenvalue weighted by Gasteiger charge is -2.41. The normalized spacial score (nSPS) is 20.7. The number of aromatic nitrogens is 2. The van der Waals surface area contributed by atoms with Gasteiger partial charge in [-0.05, 0) is 76.0 Å². The van der Waals surface area contributed by atoms with E-state index in [9.17, 15) is 9.90 Å². The van der Waals surface area contributed by atoms with Crippen LogP contribution in [0.1, 0.15) is 71.8 Å². The van der Waals surface area contributed by atoms with Crippen LogP contribution in [-0.2, 0) is 15.9 Å². The number of amides is 1. The Morgan fingerprint density at radius 3 is 2.50 bits per heavy atom. The molecule has 2 N–H and O–H groups in total. The summed E-state index contributed by atoms with van der Waals surface area (Å²) in [6, 6.07) is 5.88. The Kier molecular flexibility index (Phi) is 3.75. The van der Waals surface area contributed by atoms with Gasteiger partial charge in [-0.2, -0.15) is 0 Å². The second kappa shape index (κ2) is 5.56. The Balaban J connectivity index is 1.76. The van der Waals surface area contributed by atoms with Crippen LogP contribution in [0.3, 0.4) is 0 Å². The molecule has 4 rings (SSSR count). The highest BCUT2D eigenvalue weighted by Crippen LogP contribution is 2.48. The molecule has 2 fully saturated rings. The molecule has 2 aromatic rings. The predicted molar refractivity (Wildman–Crippen MR) is 103 cm³/mol. The van der Waals surface area contributed by atoms with Gasteiger partial charge in [0.15, 0.2) is 0 Å². The SMILES string of the molecule is CC1(CC(=O)Nc2nc3ccc(C(C)(C)O)cc3n2C2(C)CCC2)CC1. The van der Waals surface area contributed by atoms with Gasteiger partial charge in [0.25, 0.3) is 0 Å². The maximum Gasteiger partial charge on any atom is 0.227 e. The zero-order valence-corrected chi connectivity index (χ0v) is 16.2. The molecule has 0 saturated heterocycles. The van der Waals surface area contributed by atoms with Gasteiger partial charge in [0, 0.05) is 12.0 Å². The molecule has 1 heterocycles. The van der Waals surface area contributed by atoms with Crippen molar-refractivity contribution in [2.24, 2.45) is 5.41 Å². The van der Waals surface area contributed by atoms with Crippen LogP contribution in [0.5, 0.6) is 0 Å². The van der Waals surface area contributed by atoms with Crippen molar-refractivity contribution in [1.82, 2.24) is 9.55 Å². The fourth-order valence-electron chi connectivity index (χ4n) is 3.94. The second-order valence-electron chi connectivity index (χ2n) is 9.42. The van der Waals surface area contributed by atoms with Crippen LogP contribution in [0.2, 0.25) is 0 Å². The zero-order chi connectivity index (χ0) is 18.7. The van der Waals surface area contributed by atoms with Crippen molar-refractivity contribution in [2.45, 2.75) is 77.4 Å². The first kappa shape index (κ1) is 17.5. The van der Waals surface area contributed by atoms with Crippen LogP contribution in [-0.4, -0.2) is 20.6 Å². The standard InChI is InChI=1S/C21H29N3O2/c1-19(2,26)14-6-7-15-16(12-14)24(21(4)8-5-9-21)18(22-15)23-17(25)13-20(3)10-11-20/h6-7,12,26H,5,8-11,13H2,1-4H3,(H,22,23,25). The van der Waals surface area contributed by atoms with E-state index < -0.39 is 5.60 Å². The molecule has 2 aliphatic carbocycles. The number of carbonyl (C=O) groups is 1. The molecule has 26 heavy (non-hydrogen) atoms. The third kappa shape index (κ3) is 3.02. The number of anilines is 1. The summed E-state index contributed by atoms with van der Waals surface area (Å²) in [7, 11) is 0. The summed E-state index contributed by atoms with van der Waals surface area (Å²) < 4.78 is 2.19. The van der Waals surface area contributed by atoms with E-state index in [1.165, 1.54) is 6.42 Å². The van der Waals surface area contributed by atoms with Crippen molar-refractivity contribution in [3.63, 3.8) is 0 Å². The smallest absolute Gasteiger partial charge is 0.227 e. The van der Waals surface area contributed by atoms with Crippen molar-refractivity contribution in [2.75, 3.05) is 5.32 Å². The number of fused-ring (bicyclic) bond motifs is 1. The van der Waals surface area contributed by atoms with Crippen LogP contribution in [0.4, 0.5) is 5.95 Å². The number of hydrogen-bond acceptors (Lipinski definition) is 3. The molecule has 0 atom stereocenters. The highest BCUT2D eigenvalue weighted by Gasteiger charge is 2.40. The average Bonchev–Trinajstić information content (AvgIpc) is 3.11. The Labute approximate surface area is 154 Å². The summed E-state index contributed by atoms with van der Waals surface area (Å²) in [5.74, 6) is 0.691. The molecule has 2 saturated carbocycles. The van der Waals surface area contributed by atoms with Crippen molar-refractivity contribution >= 4 is 22.9 Å². The van der Waals surface area contributed by atoms with E-state index in [0.29, 0.717) is 12.4 Å². The Bertz CT molecular complexity index is 867. The minimum absolute atomic E-state index is 0.0287. The lowest BCUT2D eigenvalue weighted by atomic mass is 9.78. The van der Waals surface area contributed by atoms with Crippen LogP contribution >= 0.6 is 0 Å². The van der Waals surface area contributed by atoms with E-state index >= 15 is 0 Å². The fourth-order valence-corrected chi connectivity index (χ4v) is 3.94. The molecular weight excluding hydrogens is 326 g/mol. The summed E-state index contributed by atoms with van der Waals surface area (Å²) in [6.07, 6.45) is 6.15. The minimum atomic E-state index is -0.909. The molecule has 0 unspecified atom stereocenters. The number of nitrogens with zero attached hydrogens (tertiary/aromatic N) is 2. The molecule has 140 valence electrons. The monoisotopic (exact) mass is 355 g/mol. The van der Waals surface area contributed by atoms with Gasteiger partial charge in [-0.1, -0.05) is 13.0 Å². The first-order chi connectivity index (χ1) is 12.1. The second-order valence-corrected chi connectivity index (χ2v) is 9.42. The van der Waals surface area contributed by atoms with Crippen LogP contribution in [0, 0.1) is 5.41 Å². The number of aliphatic hydroxyl groups is 1. The van der Waals surface area contributed by atoms with Gasteiger partial charge in [0.1, 0.15) is 0 Å². The number of benzene rings is 1. The Hall–Kier alpha value is -1.88. The highest BCUT2D eigenvalue weighted by molar-refractivity contribution is 5.92. The first-order valence-corrected chi connectivity index (χ1v) is 9.66. The van der Waals surface area contributed by atoms with Gasteiger partial charge in [-0.3, -0.25) is 10.1 Å². The number of hydrogen-bond donors (Lipinski definition) is 2. The lowest BCUT2D eigenvalue weighted by Crippen LogP contribution is -2.38. The molecule has 0 radical (unpaired) electrons. The van der Waals surface area contributed by atoms with E-state index in [2.05, 4.69) is 23.7 Å². The summed E-state index contributed by atoms with van der Waals surface area (Å²) >= 11 is 0. The number of nitrogens with one attached hydrogen (secondary N) is 1. The summed E-state index contributed by atoms with van der Waals surface area (Å²) in [4.78, 5) is 17.3. The van der Waals surface area contributed by atoms with Crippen molar-refractivity contribution in [3.8, 4) is 0 Å².